The molecular formula is C20H25NO. The summed E-state index contributed by atoms with van der Waals surface area (Å²) in [5.41, 5.74) is 5.01. The molecule has 22 heavy (non-hydrogen) atoms. The van der Waals surface area contributed by atoms with E-state index in [4.69, 9.17) is 4.84 Å². The third-order valence-corrected chi connectivity index (χ3v) is 4.33. The van der Waals surface area contributed by atoms with Gasteiger partial charge in [-0.05, 0) is 37.8 Å². The molecule has 0 bridgehead atoms. The Morgan fingerprint density at radius 3 is 1.64 bits per heavy atom. The van der Waals surface area contributed by atoms with E-state index in [0.29, 0.717) is 0 Å². The first kappa shape index (κ1) is 15.3. The van der Waals surface area contributed by atoms with Crippen LogP contribution in [0, 0.1) is 13.8 Å². The van der Waals surface area contributed by atoms with Gasteiger partial charge in [0, 0.05) is 13.1 Å². The lowest BCUT2D eigenvalue weighted by Crippen LogP contribution is -2.31. The molecule has 1 aliphatic heterocycles. The lowest BCUT2D eigenvalue weighted by Gasteiger charge is -2.30. The Bertz CT molecular complexity index is 537. The van der Waals surface area contributed by atoms with Gasteiger partial charge in [0.15, 0.2) is 0 Å². The maximum atomic E-state index is 6.38. The Labute approximate surface area is 133 Å². The summed E-state index contributed by atoms with van der Waals surface area (Å²) in [6, 6.07) is 17.4. The van der Waals surface area contributed by atoms with Crippen molar-refractivity contribution < 1.29 is 4.84 Å². The summed E-state index contributed by atoms with van der Waals surface area (Å²) in [4.78, 5) is 6.38. The zero-order valence-electron chi connectivity index (χ0n) is 13.6. The Kier molecular flexibility index (Phi) is 4.91. The fraction of sp³-hybridized carbons (Fsp3) is 0.400. The van der Waals surface area contributed by atoms with Crippen LogP contribution in [-0.4, -0.2) is 18.2 Å². The number of benzene rings is 2. The number of aryl methyl sites for hydroxylation is 2. The molecule has 1 heterocycles. The molecule has 0 atom stereocenters. The predicted molar refractivity (Wildman–Crippen MR) is 90.7 cm³/mol. The molecule has 0 unspecified atom stereocenters. The summed E-state index contributed by atoms with van der Waals surface area (Å²) in [5, 5.41) is 2.15. The molecule has 0 radical (unpaired) electrons. The normalized spacial score (nSPS) is 16.1. The number of nitrogens with zero attached hydrogens (tertiary/aromatic N) is 1. The molecular weight excluding hydrogens is 270 g/mol. The highest BCUT2D eigenvalue weighted by Gasteiger charge is 2.20. The minimum Gasteiger partial charge on any atom is -0.286 e. The smallest absolute Gasteiger partial charge is 0.129 e. The van der Waals surface area contributed by atoms with Gasteiger partial charge in [0.2, 0.25) is 0 Å². The number of hydrogen-bond donors (Lipinski definition) is 0. The van der Waals surface area contributed by atoms with Crippen LogP contribution in [0.3, 0.4) is 0 Å². The van der Waals surface area contributed by atoms with Gasteiger partial charge in [0.1, 0.15) is 6.10 Å². The summed E-state index contributed by atoms with van der Waals surface area (Å²) in [6.45, 7) is 6.31. The summed E-state index contributed by atoms with van der Waals surface area (Å²) in [6.07, 6.45) is 3.77. The summed E-state index contributed by atoms with van der Waals surface area (Å²) < 4.78 is 0. The Morgan fingerprint density at radius 1 is 0.727 bits per heavy atom. The van der Waals surface area contributed by atoms with E-state index in [9.17, 15) is 0 Å². The quantitative estimate of drug-likeness (QED) is 0.802. The first-order valence-corrected chi connectivity index (χ1v) is 8.27. The monoisotopic (exact) mass is 295 g/mol. The van der Waals surface area contributed by atoms with Gasteiger partial charge in [-0.15, -0.1) is 0 Å². The molecule has 2 heteroatoms. The Hall–Kier alpha value is -1.64. The molecule has 0 N–H and O–H groups in total. The highest BCUT2D eigenvalue weighted by molar-refractivity contribution is 5.33. The van der Waals surface area contributed by atoms with E-state index in [0.717, 1.165) is 13.1 Å². The summed E-state index contributed by atoms with van der Waals surface area (Å²) in [7, 11) is 0. The molecule has 2 aromatic carbocycles. The van der Waals surface area contributed by atoms with Crippen LogP contribution in [-0.2, 0) is 4.84 Å². The van der Waals surface area contributed by atoms with Crippen LogP contribution < -0.4 is 0 Å². The van der Waals surface area contributed by atoms with Crippen molar-refractivity contribution in [2.24, 2.45) is 0 Å². The highest BCUT2D eigenvalue weighted by atomic mass is 16.7. The van der Waals surface area contributed by atoms with Gasteiger partial charge in [-0.25, -0.2) is 0 Å². The van der Waals surface area contributed by atoms with Crippen LogP contribution in [0.1, 0.15) is 47.6 Å². The fourth-order valence-electron chi connectivity index (χ4n) is 2.92. The topological polar surface area (TPSA) is 12.5 Å². The average Bonchev–Trinajstić information content (AvgIpc) is 2.56. The molecule has 2 aromatic rings. The highest BCUT2D eigenvalue weighted by Crippen LogP contribution is 2.28. The van der Waals surface area contributed by atoms with Crippen molar-refractivity contribution in [1.29, 1.82) is 0 Å². The molecule has 1 fully saturated rings. The van der Waals surface area contributed by atoms with Gasteiger partial charge in [0.05, 0.1) is 0 Å². The largest absolute Gasteiger partial charge is 0.286 e. The van der Waals surface area contributed by atoms with Gasteiger partial charge in [-0.1, -0.05) is 66.1 Å². The van der Waals surface area contributed by atoms with Gasteiger partial charge in [-0.2, -0.15) is 5.06 Å². The molecule has 0 amide bonds. The van der Waals surface area contributed by atoms with Crippen molar-refractivity contribution in [3.63, 3.8) is 0 Å². The van der Waals surface area contributed by atoms with E-state index in [-0.39, 0.29) is 6.10 Å². The van der Waals surface area contributed by atoms with Gasteiger partial charge < -0.3 is 0 Å². The van der Waals surface area contributed by atoms with Crippen molar-refractivity contribution in [2.75, 3.05) is 13.1 Å². The third kappa shape index (κ3) is 3.76. The zero-order valence-corrected chi connectivity index (χ0v) is 13.6. The van der Waals surface area contributed by atoms with E-state index in [1.54, 1.807) is 0 Å². The van der Waals surface area contributed by atoms with E-state index >= 15 is 0 Å². The molecule has 1 saturated heterocycles. The second kappa shape index (κ2) is 7.08. The standard InChI is InChI=1S/C20H25NO/c1-16-6-10-18(11-7-16)20(19-12-8-17(2)9-13-19)22-21-14-4-3-5-15-21/h6-13,20H,3-5,14-15H2,1-2H3. The second-order valence-electron chi connectivity index (χ2n) is 6.30. The zero-order chi connectivity index (χ0) is 15.4. The van der Waals surface area contributed by atoms with E-state index < -0.39 is 0 Å². The second-order valence-corrected chi connectivity index (χ2v) is 6.30. The van der Waals surface area contributed by atoms with E-state index in [1.165, 1.54) is 41.5 Å². The van der Waals surface area contributed by atoms with Crippen LogP contribution >= 0.6 is 0 Å². The van der Waals surface area contributed by atoms with Crippen molar-refractivity contribution >= 4 is 0 Å². The molecule has 0 aromatic heterocycles. The van der Waals surface area contributed by atoms with Crippen molar-refractivity contribution in [3.05, 3.63) is 70.8 Å². The average molecular weight is 295 g/mol. The number of hydroxylamine groups is 2. The van der Waals surface area contributed by atoms with E-state index in [1.807, 2.05) is 0 Å². The van der Waals surface area contributed by atoms with Crippen molar-refractivity contribution in [2.45, 2.75) is 39.2 Å². The molecule has 0 spiro atoms. The van der Waals surface area contributed by atoms with Crippen LogP contribution in [0.4, 0.5) is 0 Å². The van der Waals surface area contributed by atoms with Crippen LogP contribution in [0.5, 0.6) is 0 Å². The van der Waals surface area contributed by atoms with Gasteiger partial charge in [-0.3, -0.25) is 4.84 Å². The van der Waals surface area contributed by atoms with Crippen LogP contribution in [0.25, 0.3) is 0 Å². The molecule has 116 valence electrons. The third-order valence-electron chi connectivity index (χ3n) is 4.33. The van der Waals surface area contributed by atoms with Crippen molar-refractivity contribution in [1.82, 2.24) is 5.06 Å². The van der Waals surface area contributed by atoms with Gasteiger partial charge >= 0.3 is 0 Å². The summed E-state index contributed by atoms with van der Waals surface area (Å²) >= 11 is 0. The molecule has 0 saturated carbocycles. The fourth-order valence-corrected chi connectivity index (χ4v) is 2.92. The minimum atomic E-state index is -0.0145. The summed E-state index contributed by atoms with van der Waals surface area (Å²) in [5.74, 6) is 0. The lowest BCUT2D eigenvalue weighted by molar-refractivity contribution is -0.196. The Balaban J connectivity index is 1.86. The molecule has 0 aliphatic carbocycles. The first-order chi connectivity index (χ1) is 10.7. The molecule has 2 nitrogen and oxygen atoms in total. The first-order valence-electron chi connectivity index (χ1n) is 8.27. The number of piperidine rings is 1. The van der Waals surface area contributed by atoms with Crippen molar-refractivity contribution in [3.8, 4) is 0 Å². The maximum Gasteiger partial charge on any atom is 0.129 e. The van der Waals surface area contributed by atoms with E-state index in [2.05, 4.69) is 67.4 Å². The number of hydrogen-bond acceptors (Lipinski definition) is 2. The van der Waals surface area contributed by atoms with Crippen LogP contribution in [0.2, 0.25) is 0 Å². The minimum absolute atomic E-state index is 0.0145. The molecule has 1 aliphatic rings. The molecule has 3 rings (SSSR count). The predicted octanol–water partition coefficient (Wildman–Crippen LogP) is 4.81. The lowest BCUT2D eigenvalue weighted by atomic mass is 9.99. The SMILES string of the molecule is Cc1ccc(C(ON2CCCCC2)c2ccc(C)cc2)cc1. The maximum absolute atomic E-state index is 6.38. The number of rotatable bonds is 4. The van der Waals surface area contributed by atoms with Crippen LogP contribution in [0.15, 0.2) is 48.5 Å². The van der Waals surface area contributed by atoms with Gasteiger partial charge in [0.25, 0.3) is 0 Å². The Morgan fingerprint density at radius 2 is 1.18 bits per heavy atom.